The van der Waals surface area contributed by atoms with E-state index in [1.54, 1.807) is 11.3 Å². The number of rotatable bonds is 4. The van der Waals surface area contributed by atoms with Crippen LogP contribution in [0.2, 0.25) is 0 Å². The average molecular weight is 861 g/mol. The topological polar surface area (TPSA) is 69.9 Å². The number of nitrogens with zero attached hydrogens (tertiary/aromatic N) is 4. The van der Waals surface area contributed by atoms with Crippen LogP contribution < -0.4 is 0 Å². The van der Waals surface area contributed by atoms with Crippen molar-refractivity contribution in [3.8, 4) is 39.9 Å². The molecule has 0 bridgehead atoms. The SMILES string of the molecule is c1ccc2cc3c(cc2c1)c1c2ccccc2ccc1n3-c1ccc2sc3ccccc3c2c1-c1nc(-c2ccc3c(c2)oc2ccccc23)nc(-c2ccc3c(c2)oc2ccccc23)n1. The Morgan fingerprint density at radius 3 is 1.61 bits per heavy atom. The molecule has 0 saturated heterocycles. The maximum absolute atomic E-state index is 6.44. The Labute approximate surface area is 379 Å². The van der Waals surface area contributed by atoms with Gasteiger partial charge >= 0.3 is 0 Å². The van der Waals surface area contributed by atoms with E-state index in [1.165, 1.54) is 37.0 Å². The quantitative estimate of drug-likeness (QED) is 0.176. The number of aromatic nitrogens is 4. The van der Waals surface area contributed by atoms with Gasteiger partial charge in [0.05, 0.1) is 22.3 Å². The summed E-state index contributed by atoms with van der Waals surface area (Å²) in [7, 11) is 0. The highest BCUT2D eigenvalue weighted by Gasteiger charge is 2.25. The monoisotopic (exact) mass is 860 g/mol. The molecule has 15 rings (SSSR count). The van der Waals surface area contributed by atoms with E-state index in [4.69, 9.17) is 23.8 Å². The van der Waals surface area contributed by atoms with Crippen LogP contribution in [0, 0.1) is 0 Å². The van der Waals surface area contributed by atoms with E-state index in [2.05, 4.69) is 162 Å². The van der Waals surface area contributed by atoms with Gasteiger partial charge in [-0.05, 0) is 94.3 Å². The zero-order valence-electron chi connectivity index (χ0n) is 35.0. The third kappa shape index (κ3) is 5.14. The molecular formula is C59H32N4O2S. The second-order valence-electron chi connectivity index (χ2n) is 17.1. The Bertz CT molecular complexity index is 4420. The van der Waals surface area contributed by atoms with Gasteiger partial charge in [-0.1, -0.05) is 121 Å². The van der Waals surface area contributed by atoms with Gasteiger partial charge in [0.2, 0.25) is 0 Å². The summed E-state index contributed by atoms with van der Waals surface area (Å²) in [6.07, 6.45) is 0. The third-order valence-corrected chi connectivity index (χ3v) is 14.6. The lowest BCUT2D eigenvalue weighted by Gasteiger charge is -2.16. The van der Waals surface area contributed by atoms with Crippen LogP contribution in [0.4, 0.5) is 0 Å². The van der Waals surface area contributed by atoms with Gasteiger partial charge in [-0.3, -0.25) is 0 Å². The molecule has 0 fully saturated rings. The van der Waals surface area contributed by atoms with Gasteiger partial charge < -0.3 is 13.4 Å². The molecule has 5 aromatic heterocycles. The van der Waals surface area contributed by atoms with Crippen molar-refractivity contribution in [2.75, 3.05) is 0 Å². The summed E-state index contributed by atoms with van der Waals surface area (Å²) >= 11 is 1.79. The van der Waals surface area contributed by atoms with E-state index < -0.39 is 0 Å². The van der Waals surface area contributed by atoms with Crippen molar-refractivity contribution in [2.24, 2.45) is 0 Å². The molecule has 0 amide bonds. The number of fused-ring (bicyclic) bond motifs is 15. The molecule has 0 saturated carbocycles. The minimum atomic E-state index is 0.545. The smallest absolute Gasteiger partial charge is 0.166 e. The lowest BCUT2D eigenvalue weighted by Crippen LogP contribution is -2.04. The van der Waals surface area contributed by atoms with Gasteiger partial charge in [0, 0.05) is 63.6 Å². The van der Waals surface area contributed by atoms with Crippen LogP contribution in [0.5, 0.6) is 0 Å². The normalized spacial score (nSPS) is 12.2. The van der Waals surface area contributed by atoms with Crippen LogP contribution >= 0.6 is 11.3 Å². The molecular weight excluding hydrogens is 829 g/mol. The Morgan fingerprint density at radius 1 is 0.348 bits per heavy atom. The van der Waals surface area contributed by atoms with Crippen LogP contribution in [-0.2, 0) is 0 Å². The molecule has 0 aliphatic rings. The Morgan fingerprint density at radius 2 is 0.909 bits per heavy atom. The maximum atomic E-state index is 6.44. The molecule has 0 unspecified atom stereocenters. The summed E-state index contributed by atoms with van der Waals surface area (Å²) in [6, 6.07) is 68.6. The van der Waals surface area contributed by atoms with Gasteiger partial charge in [0.15, 0.2) is 17.5 Å². The molecule has 15 aromatic rings. The first kappa shape index (κ1) is 35.8. The zero-order chi connectivity index (χ0) is 43.0. The molecule has 0 atom stereocenters. The van der Waals surface area contributed by atoms with Gasteiger partial charge in [0.25, 0.3) is 0 Å². The highest BCUT2D eigenvalue weighted by atomic mass is 32.1. The predicted molar refractivity (Wildman–Crippen MR) is 273 cm³/mol. The minimum absolute atomic E-state index is 0.545. The average Bonchev–Trinajstić information content (AvgIpc) is 4.13. The predicted octanol–water partition coefficient (Wildman–Crippen LogP) is 16.4. The van der Waals surface area contributed by atoms with E-state index in [-0.39, 0.29) is 0 Å². The number of thiophene rings is 1. The van der Waals surface area contributed by atoms with Crippen molar-refractivity contribution in [2.45, 2.75) is 0 Å². The summed E-state index contributed by atoms with van der Waals surface area (Å²) in [4.78, 5) is 16.4. The van der Waals surface area contributed by atoms with Crippen molar-refractivity contribution >= 4 is 119 Å². The van der Waals surface area contributed by atoms with Crippen LogP contribution in [-0.4, -0.2) is 19.5 Å². The lowest BCUT2D eigenvalue weighted by atomic mass is 10.0. The first-order chi connectivity index (χ1) is 32.7. The van der Waals surface area contributed by atoms with Gasteiger partial charge in [-0.2, -0.15) is 0 Å². The van der Waals surface area contributed by atoms with E-state index in [1.807, 2.05) is 36.4 Å². The number of hydrogen-bond donors (Lipinski definition) is 0. The maximum Gasteiger partial charge on any atom is 0.166 e. The van der Waals surface area contributed by atoms with E-state index in [9.17, 15) is 0 Å². The van der Waals surface area contributed by atoms with E-state index in [0.29, 0.717) is 17.5 Å². The molecule has 7 heteroatoms. The Balaban J connectivity index is 1.07. The molecule has 306 valence electrons. The highest BCUT2D eigenvalue weighted by molar-refractivity contribution is 7.26. The second-order valence-corrected chi connectivity index (χ2v) is 18.2. The summed E-state index contributed by atoms with van der Waals surface area (Å²) in [6.45, 7) is 0. The number of benzene rings is 10. The summed E-state index contributed by atoms with van der Waals surface area (Å²) in [5.41, 5.74) is 9.03. The highest BCUT2D eigenvalue weighted by Crippen LogP contribution is 2.47. The fourth-order valence-electron chi connectivity index (χ4n) is 10.4. The lowest BCUT2D eigenvalue weighted by molar-refractivity contribution is 0.668. The molecule has 0 spiro atoms. The van der Waals surface area contributed by atoms with Crippen molar-refractivity contribution in [3.05, 3.63) is 194 Å². The van der Waals surface area contributed by atoms with Gasteiger partial charge in [0.1, 0.15) is 22.3 Å². The molecule has 0 aliphatic heterocycles. The van der Waals surface area contributed by atoms with Crippen LogP contribution in [0.1, 0.15) is 0 Å². The largest absolute Gasteiger partial charge is 0.456 e. The molecule has 0 radical (unpaired) electrons. The summed E-state index contributed by atoms with van der Waals surface area (Å²) in [5, 5.41) is 13.7. The first-order valence-electron chi connectivity index (χ1n) is 22.1. The molecule has 0 N–H and O–H groups in total. The first-order valence-corrected chi connectivity index (χ1v) is 22.9. The molecule has 66 heavy (non-hydrogen) atoms. The molecule has 5 heterocycles. The van der Waals surface area contributed by atoms with Gasteiger partial charge in [-0.15, -0.1) is 11.3 Å². The van der Waals surface area contributed by atoms with Crippen molar-refractivity contribution < 1.29 is 8.83 Å². The minimum Gasteiger partial charge on any atom is -0.456 e. The standard InChI is InChI=1S/C59H32N4O2S/c1-2-13-35-30-47-44(29-34(35)12-1)54-38-14-4-3-11-33(38)23-26-45(54)63(47)46-27-28-53-55(43-17-7-10-20-52(43)66-53)56(46)59-61-57(36-21-24-41-39-15-5-8-18-48(39)64-50(41)31-36)60-58(62-59)37-22-25-42-40-16-6-9-19-49(40)65-51(42)32-37/h1-32H. The van der Waals surface area contributed by atoms with Crippen molar-refractivity contribution in [3.63, 3.8) is 0 Å². The summed E-state index contributed by atoms with van der Waals surface area (Å²) in [5.74, 6) is 1.66. The fourth-order valence-corrected chi connectivity index (χ4v) is 11.5. The Hall–Kier alpha value is -8.65. The third-order valence-electron chi connectivity index (χ3n) is 13.4. The zero-order valence-corrected chi connectivity index (χ0v) is 35.8. The van der Waals surface area contributed by atoms with Crippen LogP contribution in [0.25, 0.3) is 147 Å². The van der Waals surface area contributed by atoms with Crippen molar-refractivity contribution in [1.82, 2.24) is 19.5 Å². The van der Waals surface area contributed by atoms with E-state index >= 15 is 0 Å². The van der Waals surface area contributed by atoms with Crippen molar-refractivity contribution in [1.29, 1.82) is 0 Å². The van der Waals surface area contributed by atoms with E-state index in [0.717, 1.165) is 92.8 Å². The Kier molecular flexibility index (Phi) is 7.28. The van der Waals surface area contributed by atoms with Crippen LogP contribution in [0.3, 0.4) is 0 Å². The molecule has 0 aliphatic carbocycles. The van der Waals surface area contributed by atoms with Crippen LogP contribution in [0.15, 0.2) is 203 Å². The number of furan rings is 2. The number of para-hydroxylation sites is 2. The number of hydrogen-bond acceptors (Lipinski definition) is 6. The molecule has 10 aromatic carbocycles. The summed E-state index contributed by atoms with van der Waals surface area (Å²) < 4.78 is 17.7. The molecule has 6 nitrogen and oxygen atoms in total. The van der Waals surface area contributed by atoms with Gasteiger partial charge in [-0.25, -0.2) is 15.0 Å². The second kappa shape index (κ2) is 13.4. The fraction of sp³-hybridized carbons (Fsp3) is 0.